The molecule has 0 radical (unpaired) electrons. The minimum atomic E-state index is -0.833. The van der Waals surface area contributed by atoms with E-state index in [1.165, 1.54) is 19.1 Å². The second-order valence-electron chi connectivity index (χ2n) is 6.68. The molecular weight excluding hydrogens is 380 g/mol. The van der Waals surface area contributed by atoms with E-state index >= 15 is 0 Å². The normalized spacial score (nSPS) is 12.6. The maximum Gasteiger partial charge on any atom is 0.341 e. The van der Waals surface area contributed by atoms with Crippen molar-refractivity contribution in [1.29, 1.82) is 0 Å². The van der Waals surface area contributed by atoms with Crippen LogP contribution in [0.4, 0.5) is 0 Å². The number of fused-ring (bicyclic) bond motifs is 3. The van der Waals surface area contributed by atoms with E-state index in [1.807, 2.05) is 0 Å². The van der Waals surface area contributed by atoms with Gasteiger partial charge in [0.1, 0.15) is 28.6 Å². The number of carbonyl (C=O) groups excluding carboxylic acids is 3. The number of ketones is 2. The van der Waals surface area contributed by atoms with Crippen molar-refractivity contribution in [2.24, 2.45) is 0 Å². The maximum atomic E-state index is 13.0. The van der Waals surface area contributed by atoms with Crippen molar-refractivity contribution in [3.05, 3.63) is 57.6 Å². The van der Waals surface area contributed by atoms with Gasteiger partial charge in [0.25, 0.3) is 0 Å². The predicted octanol–water partition coefficient (Wildman–Crippen LogP) is 2.53. The lowest BCUT2D eigenvalue weighted by molar-refractivity contribution is 0.0596. The molecule has 0 atom stereocenters. The SMILES string of the molecule is COC(=O)c1c(O)cc2cc3c(c(O)c2c1C)C(=O)c1c(O)cc(O)cc1C3=O. The van der Waals surface area contributed by atoms with Gasteiger partial charge in [-0.2, -0.15) is 0 Å². The van der Waals surface area contributed by atoms with Crippen LogP contribution in [0.2, 0.25) is 0 Å². The quantitative estimate of drug-likeness (QED) is 0.361. The molecule has 0 aromatic heterocycles. The van der Waals surface area contributed by atoms with Gasteiger partial charge in [0.05, 0.1) is 18.2 Å². The van der Waals surface area contributed by atoms with Crippen LogP contribution in [0.15, 0.2) is 24.3 Å². The minimum absolute atomic E-state index is 0.0878. The monoisotopic (exact) mass is 394 g/mol. The third kappa shape index (κ3) is 2.35. The molecule has 4 rings (SSSR count). The zero-order chi connectivity index (χ0) is 21.2. The molecule has 0 bridgehead atoms. The second-order valence-corrected chi connectivity index (χ2v) is 6.68. The zero-order valence-corrected chi connectivity index (χ0v) is 15.2. The standard InChI is InChI=1S/C21H14O8/c1-7-14-8(4-12(23)15(7)21(28)29-2)3-10-17(19(14)26)20(27)16-11(18(10)25)5-9(22)6-13(16)24/h3-6,22-24,26H,1-2H3. The molecule has 0 spiro atoms. The molecule has 1 aliphatic carbocycles. The Bertz CT molecular complexity index is 1290. The molecule has 0 amide bonds. The lowest BCUT2D eigenvalue weighted by Crippen LogP contribution is -2.21. The van der Waals surface area contributed by atoms with Crippen LogP contribution >= 0.6 is 0 Å². The topological polar surface area (TPSA) is 141 Å². The third-order valence-electron chi connectivity index (χ3n) is 5.07. The first kappa shape index (κ1) is 18.3. The van der Waals surface area contributed by atoms with Gasteiger partial charge in [-0.15, -0.1) is 0 Å². The number of benzene rings is 3. The molecule has 0 heterocycles. The summed E-state index contributed by atoms with van der Waals surface area (Å²) in [6.45, 7) is 1.46. The van der Waals surface area contributed by atoms with Crippen LogP contribution in [0.3, 0.4) is 0 Å². The van der Waals surface area contributed by atoms with Crippen LogP contribution in [0.1, 0.15) is 47.8 Å². The highest BCUT2D eigenvalue weighted by Gasteiger charge is 2.36. The van der Waals surface area contributed by atoms with E-state index < -0.39 is 40.5 Å². The lowest BCUT2D eigenvalue weighted by Gasteiger charge is -2.22. The fourth-order valence-corrected chi connectivity index (χ4v) is 3.80. The van der Waals surface area contributed by atoms with Crippen LogP contribution < -0.4 is 0 Å². The average molecular weight is 394 g/mol. The van der Waals surface area contributed by atoms with Crippen LogP contribution in [0, 0.1) is 6.92 Å². The number of rotatable bonds is 1. The van der Waals surface area contributed by atoms with Gasteiger partial charge in [-0.25, -0.2) is 4.79 Å². The Morgan fingerprint density at radius 3 is 2.17 bits per heavy atom. The number of esters is 1. The summed E-state index contributed by atoms with van der Waals surface area (Å²) in [5.74, 6) is -4.29. The molecule has 0 unspecified atom stereocenters. The average Bonchev–Trinajstić information content (AvgIpc) is 2.64. The van der Waals surface area contributed by atoms with Gasteiger partial charge >= 0.3 is 5.97 Å². The zero-order valence-electron chi connectivity index (χ0n) is 15.2. The minimum Gasteiger partial charge on any atom is -0.508 e. The summed E-state index contributed by atoms with van der Waals surface area (Å²) in [6.07, 6.45) is 0. The van der Waals surface area contributed by atoms with Crippen LogP contribution in [-0.2, 0) is 4.74 Å². The number of ether oxygens (including phenoxy) is 1. The fourth-order valence-electron chi connectivity index (χ4n) is 3.80. The summed E-state index contributed by atoms with van der Waals surface area (Å²) in [5, 5.41) is 41.2. The first-order chi connectivity index (χ1) is 13.7. The predicted molar refractivity (Wildman–Crippen MR) is 100.0 cm³/mol. The molecule has 8 nitrogen and oxygen atoms in total. The Labute approximate surface area is 163 Å². The lowest BCUT2D eigenvalue weighted by atomic mass is 9.80. The number of hydrogen-bond acceptors (Lipinski definition) is 8. The summed E-state index contributed by atoms with van der Waals surface area (Å²) in [6, 6.07) is 4.47. The van der Waals surface area contributed by atoms with E-state index in [4.69, 9.17) is 0 Å². The first-order valence-electron chi connectivity index (χ1n) is 8.43. The number of phenols is 4. The summed E-state index contributed by atoms with van der Waals surface area (Å²) < 4.78 is 4.65. The van der Waals surface area contributed by atoms with Gasteiger partial charge in [-0.05, 0) is 36.1 Å². The molecule has 3 aromatic carbocycles. The molecule has 1 aliphatic rings. The molecule has 146 valence electrons. The van der Waals surface area contributed by atoms with Crippen LogP contribution in [-0.4, -0.2) is 45.1 Å². The highest BCUT2D eigenvalue weighted by Crippen LogP contribution is 2.44. The van der Waals surface area contributed by atoms with E-state index in [2.05, 4.69) is 4.74 Å². The number of aromatic hydroxyl groups is 4. The molecule has 0 aliphatic heterocycles. The molecular formula is C21H14O8. The number of carbonyl (C=O) groups is 3. The van der Waals surface area contributed by atoms with Crippen LogP contribution in [0.5, 0.6) is 23.0 Å². The summed E-state index contributed by atoms with van der Waals surface area (Å²) >= 11 is 0. The second kappa shape index (κ2) is 5.96. The summed E-state index contributed by atoms with van der Waals surface area (Å²) in [4.78, 5) is 37.9. The summed E-state index contributed by atoms with van der Waals surface area (Å²) in [7, 11) is 1.13. The van der Waals surface area contributed by atoms with Crippen molar-refractivity contribution in [3.63, 3.8) is 0 Å². The Morgan fingerprint density at radius 1 is 0.862 bits per heavy atom. The van der Waals surface area contributed by atoms with Crippen molar-refractivity contribution in [2.75, 3.05) is 7.11 Å². The van der Waals surface area contributed by atoms with Crippen molar-refractivity contribution in [3.8, 4) is 23.0 Å². The Hall–Kier alpha value is -4.07. The van der Waals surface area contributed by atoms with Gasteiger partial charge in [-0.3, -0.25) is 9.59 Å². The van der Waals surface area contributed by atoms with Gasteiger partial charge < -0.3 is 25.2 Å². The van der Waals surface area contributed by atoms with Gasteiger partial charge in [0, 0.05) is 22.6 Å². The number of hydrogen-bond donors (Lipinski definition) is 4. The summed E-state index contributed by atoms with van der Waals surface area (Å²) in [5.41, 5.74) is -1.04. The molecule has 3 aromatic rings. The highest BCUT2D eigenvalue weighted by atomic mass is 16.5. The van der Waals surface area contributed by atoms with E-state index in [-0.39, 0.29) is 44.2 Å². The molecule has 4 N–H and O–H groups in total. The molecule has 29 heavy (non-hydrogen) atoms. The molecule has 0 fully saturated rings. The van der Waals surface area contributed by atoms with E-state index in [0.29, 0.717) is 0 Å². The maximum absolute atomic E-state index is 13.0. The number of phenolic OH excluding ortho intramolecular Hbond substituents is 4. The highest BCUT2D eigenvalue weighted by molar-refractivity contribution is 6.32. The van der Waals surface area contributed by atoms with Crippen LogP contribution in [0.25, 0.3) is 10.8 Å². The Morgan fingerprint density at radius 2 is 1.52 bits per heavy atom. The molecule has 0 saturated carbocycles. The van der Waals surface area contributed by atoms with E-state index in [9.17, 15) is 34.8 Å². The first-order valence-corrected chi connectivity index (χ1v) is 8.43. The van der Waals surface area contributed by atoms with Gasteiger partial charge in [-0.1, -0.05) is 0 Å². The van der Waals surface area contributed by atoms with Gasteiger partial charge in [0.15, 0.2) is 5.78 Å². The molecule has 0 saturated heterocycles. The van der Waals surface area contributed by atoms with Crippen molar-refractivity contribution >= 4 is 28.3 Å². The molecule has 8 heteroatoms. The number of aryl methyl sites for hydroxylation is 1. The van der Waals surface area contributed by atoms with Crippen molar-refractivity contribution in [1.82, 2.24) is 0 Å². The van der Waals surface area contributed by atoms with E-state index in [0.717, 1.165) is 19.2 Å². The fraction of sp³-hybridized carbons (Fsp3) is 0.0952. The largest absolute Gasteiger partial charge is 0.508 e. The van der Waals surface area contributed by atoms with E-state index in [1.54, 1.807) is 0 Å². The Balaban J connectivity index is 2.11. The third-order valence-corrected chi connectivity index (χ3v) is 5.07. The smallest absolute Gasteiger partial charge is 0.341 e. The van der Waals surface area contributed by atoms with Crippen molar-refractivity contribution in [2.45, 2.75) is 6.92 Å². The van der Waals surface area contributed by atoms with Crippen molar-refractivity contribution < 1.29 is 39.5 Å². The van der Waals surface area contributed by atoms with Gasteiger partial charge in [0.2, 0.25) is 5.78 Å². The number of methoxy groups -OCH3 is 1. The Kier molecular flexibility index (Phi) is 3.76.